The van der Waals surface area contributed by atoms with Gasteiger partial charge in [0.1, 0.15) is 11.3 Å². The quantitative estimate of drug-likeness (QED) is 0.828. The van der Waals surface area contributed by atoms with Gasteiger partial charge in [-0.15, -0.1) is 0 Å². The number of hydrogen-bond acceptors (Lipinski definition) is 2. The summed E-state index contributed by atoms with van der Waals surface area (Å²) in [6, 6.07) is 4.80. The van der Waals surface area contributed by atoms with E-state index in [1.807, 2.05) is 6.92 Å². The van der Waals surface area contributed by atoms with Crippen LogP contribution >= 0.6 is 12.2 Å². The van der Waals surface area contributed by atoms with E-state index in [-0.39, 0.29) is 11.7 Å². The van der Waals surface area contributed by atoms with E-state index in [0.29, 0.717) is 35.3 Å². The molecular formula is C13H16FN3OS. The largest absolute Gasteiger partial charge is 0.356 e. The molecule has 0 spiro atoms. The molecule has 1 aromatic carbocycles. The highest BCUT2D eigenvalue weighted by Gasteiger charge is 2.09. The van der Waals surface area contributed by atoms with Gasteiger partial charge >= 0.3 is 0 Å². The van der Waals surface area contributed by atoms with E-state index < -0.39 is 0 Å². The number of fused-ring (bicyclic) bond motifs is 1. The van der Waals surface area contributed by atoms with Crippen LogP contribution in [0.2, 0.25) is 0 Å². The predicted molar refractivity (Wildman–Crippen MR) is 75.0 cm³/mol. The number of rotatable bonds is 5. The smallest absolute Gasteiger partial charge is 0.221 e. The zero-order chi connectivity index (χ0) is 13.8. The second-order valence-electron chi connectivity index (χ2n) is 4.32. The summed E-state index contributed by atoms with van der Waals surface area (Å²) in [5.74, 6) is -0.354. The van der Waals surface area contributed by atoms with Crippen molar-refractivity contribution >= 4 is 29.2 Å². The predicted octanol–water partition coefficient (Wildman–Crippen LogP) is 2.75. The van der Waals surface area contributed by atoms with Gasteiger partial charge in [0, 0.05) is 19.5 Å². The van der Waals surface area contributed by atoms with Gasteiger partial charge in [0.05, 0.1) is 5.52 Å². The summed E-state index contributed by atoms with van der Waals surface area (Å²) in [6.07, 6.45) is 1.24. The lowest BCUT2D eigenvalue weighted by molar-refractivity contribution is -0.121. The molecule has 0 aliphatic heterocycles. The number of aryl methyl sites for hydroxylation is 1. The minimum Gasteiger partial charge on any atom is -0.356 e. The van der Waals surface area contributed by atoms with Crippen molar-refractivity contribution < 1.29 is 9.18 Å². The summed E-state index contributed by atoms with van der Waals surface area (Å²) in [7, 11) is 0. The maximum Gasteiger partial charge on any atom is 0.221 e. The third kappa shape index (κ3) is 3.01. The lowest BCUT2D eigenvalue weighted by Crippen LogP contribution is -2.25. The van der Waals surface area contributed by atoms with Crippen molar-refractivity contribution in [2.45, 2.75) is 26.3 Å². The molecule has 1 amide bonds. The Labute approximate surface area is 115 Å². The number of aromatic amines is 1. The van der Waals surface area contributed by atoms with Gasteiger partial charge in [-0.1, -0.05) is 13.0 Å². The van der Waals surface area contributed by atoms with Gasteiger partial charge in [0.25, 0.3) is 0 Å². The molecular weight excluding hydrogens is 265 g/mol. The molecule has 0 bridgehead atoms. The van der Waals surface area contributed by atoms with E-state index in [1.165, 1.54) is 6.07 Å². The molecule has 4 nitrogen and oxygen atoms in total. The number of nitrogens with zero attached hydrogens (tertiary/aromatic N) is 1. The zero-order valence-corrected chi connectivity index (χ0v) is 11.5. The Morgan fingerprint density at radius 3 is 3.05 bits per heavy atom. The summed E-state index contributed by atoms with van der Waals surface area (Å²) < 4.78 is 15.8. The Balaban J connectivity index is 2.17. The van der Waals surface area contributed by atoms with Crippen molar-refractivity contribution in [3.05, 3.63) is 28.8 Å². The first-order valence-corrected chi connectivity index (χ1v) is 6.68. The molecule has 0 atom stereocenters. The van der Waals surface area contributed by atoms with E-state index in [2.05, 4.69) is 10.3 Å². The molecule has 0 saturated carbocycles. The van der Waals surface area contributed by atoms with E-state index in [0.717, 1.165) is 6.42 Å². The van der Waals surface area contributed by atoms with Crippen molar-refractivity contribution in [3.8, 4) is 0 Å². The first-order valence-electron chi connectivity index (χ1n) is 6.27. The molecule has 6 heteroatoms. The van der Waals surface area contributed by atoms with Crippen LogP contribution < -0.4 is 5.32 Å². The lowest BCUT2D eigenvalue weighted by atomic mass is 10.3. The molecule has 0 unspecified atom stereocenters. The summed E-state index contributed by atoms with van der Waals surface area (Å²) in [6.45, 7) is 3.11. The summed E-state index contributed by atoms with van der Waals surface area (Å²) >= 11 is 5.16. The highest BCUT2D eigenvalue weighted by Crippen LogP contribution is 2.17. The zero-order valence-electron chi connectivity index (χ0n) is 10.7. The first kappa shape index (κ1) is 13.7. The number of amides is 1. The van der Waals surface area contributed by atoms with Gasteiger partial charge in [0.2, 0.25) is 5.91 Å². The fraction of sp³-hybridized carbons (Fsp3) is 0.385. The summed E-state index contributed by atoms with van der Waals surface area (Å²) in [4.78, 5) is 14.4. The normalized spacial score (nSPS) is 10.8. The second-order valence-corrected chi connectivity index (χ2v) is 4.70. The molecule has 19 heavy (non-hydrogen) atoms. The molecule has 0 aliphatic rings. The average Bonchev–Trinajstić information content (AvgIpc) is 2.71. The van der Waals surface area contributed by atoms with Gasteiger partial charge in [0.15, 0.2) is 4.77 Å². The molecule has 1 heterocycles. The standard InChI is InChI=1S/C13H16FN3OS/c1-2-7-15-11(18)6-8-17-10-5-3-4-9(14)12(10)16-13(17)19/h3-5H,2,6-8H2,1H3,(H,15,18)(H,16,19). The summed E-state index contributed by atoms with van der Waals surface area (Å²) in [5.41, 5.74) is 1.08. The molecule has 2 N–H and O–H groups in total. The number of H-pyrrole nitrogens is 1. The van der Waals surface area contributed by atoms with Crippen molar-refractivity contribution in [2.24, 2.45) is 0 Å². The monoisotopic (exact) mass is 281 g/mol. The molecule has 2 rings (SSSR count). The van der Waals surface area contributed by atoms with Crippen LogP contribution in [0.4, 0.5) is 4.39 Å². The first-order chi connectivity index (χ1) is 9.13. The van der Waals surface area contributed by atoms with Crippen molar-refractivity contribution in [3.63, 3.8) is 0 Å². The number of carbonyl (C=O) groups is 1. The maximum atomic E-state index is 13.6. The lowest BCUT2D eigenvalue weighted by Gasteiger charge is -2.05. The van der Waals surface area contributed by atoms with Crippen LogP contribution in [0, 0.1) is 10.6 Å². The second kappa shape index (κ2) is 5.97. The molecule has 0 fully saturated rings. The minimum atomic E-state index is -0.335. The fourth-order valence-electron chi connectivity index (χ4n) is 1.93. The van der Waals surface area contributed by atoms with Gasteiger partial charge < -0.3 is 14.9 Å². The minimum absolute atomic E-state index is 0.0190. The Bertz CT molecular complexity index is 647. The molecule has 102 valence electrons. The number of benzene rings is 1. The molecule has 2 aromatic rings. The van der Waals surface area contributed by atoms with Crippen molar-refractivity contribution in [1.82, 2.24) is 14.9 Å². The van der Waals surface area contributed by atoms with Crippen LogP contribution in [0.1, 0.15) is 19.8 Å². The number of halogens is 1. The van der Waals surface area contributed by atoms with Crippen LogP contribution in [-0.4, -0.2) is 22.0 Å². The number of para-hydroxylation sites is 1. The molecule has 0 radical (unpaired) electrons. The Kier molecular flexibility index (Phi) is 4.31. The van der Waals surface area contributed by atoms with Crippen molar-refractivity contribution in [1.29, 1.82) is 0 Å². The van der Waals surface area contributed by atoms with Crippen LogP contribution in [0.15, 0.2) is 18.2 Å². The van der Waals surface area contributed by atoms with Gasteiger partial charge in [-0.25, -0.2) is 4.39 Å². The number of hydrogen-bond donors (Lipinski definition) is 2. The van der Waals surface area contributed by atoms with E-state index in [4.69, 9.17) is 12.2 Å². The maximum absolute atomic E-state index is 13.6. The SMILES string of the molecule is CCCNC(=O)CCn1c(=S)[nH]c2c(F)cccc21. The molecule has 0 saturated heterocycles. The van der Waals surface area contributed by atoms with E-state index in [9.17, 15) is 9.18 Å². The highest BCUT2D eigenvalue weighted by atomic mass is 32.1. The number of carbonyl (C=O) groups excluding carboxylic acids is 1. The van der Waals surface area contributed by atoms with Crippen LogP contribution in [0.5, 0.6) is 0 Å². The van der Waals surface area contributed by atoms with Crippen molar-refractivity contribution in [2.75, 3.05) is 6.54 Å². The van der Waals surface area contributed by atoms with Gasteiger partial charge in [-0.05, 0) is 30.8 Å². The van der Waals surface area contributed by atoms with E-state index >= 15 is 0 Å². The average molecular weight is 281 g/mol. The Hall–Kier alpha value is -1.69. The fourth-order valence-corrected chi connectivity index (χ4v) is 2.23. The number of nitrogens with one attached hydrogen (secondary N) is 2. The molecule has 0 aliphatic carbocycles. The number of aromatic nitrogens is 2. The van der Waals surface area contributed by atoms with Gasteiger partial charge in [-0.3, -0.25) is 4.79 Å². The van der Waals surface area contributed by atoms with Gasteiger partial charge in [-0.2, -0.15) is 0 Å². The van der Waals surface area contributed by atoms with Crippen LogP contribution in [0.3, 0.4) is 0 Å². The molecule has 1 aromatic heterocycles. The summed E-state index contributed by atoms with van der Waals surface area (Å²) in [5, 5.41) is 2.80. The van der Waals surface area contributed by atoms with Crippen LogP contribution in [-0.2, 0) is 11.3 Å². The number of imidazole rings is 1. The van der Waals surface area contributed by atoms with E-state index in [1.54, 1.807) is 16.7 Å². The topological polar surface area (TPSA) is 49.8 Å². The third-order valence-electron chi connectivity index (χ3n) is 2.89. The third-order valence-corrected chi connectivity index (χ3v) is 3.22. The highest BCUT2D eigenvalue weighted by molar-refractivity contribution is 7.71. The Morgan fingerprint density at radius 1 is 1.53 bits per heavy atom. The Morgan fingerprint density at radius 2 is 2.32 bits per heavy atom. The van der Waals surface area contributed by atoms with Crippen LogP contribution in [0.25, 0.3) is 11.0 Å².